The van der Waals surface area contributed by atoms with E-state index in [0.717, 1.165) is 11.4 Å². The SMILES string of the molecule is CCc1cnc(CNC(=O)CCC(=O)O)s1. The fourth-order valence-electron chi connectivity index (χ4n) is 1.08. The molecule has 2 N–H and O–H groups in total. The Kier molecular flexibility index (Phi) is 4.91. The molecule has 16 heavy (non-hydrogen) atoms. The second-order valence-corrected chi connectivity index (χ2v) is 4.44. The Bertz CT molecular complexity index is 376. The normalized spacial score (nSPS) is 10.1. The van der Waals surface area contributed by atoms with Crippen molar-refractivity contribution in [3.8, 4) is 0 Å². The van der Waals surface area contributed by atoms with Crippen LogP contribution in [0.3, 0.4) is 0 Å². The van der Waals surface area contributed by atoms with Crippen LogP contribution in [0.25, 0.3) is 0 Å². The summed E-state index contributed by atoms with van der Waals surface area (Å²) in [6, 6.07) is 0. The zero-order chi connectivity index (χ0) is 12.0. The minimum Gasteiger partial charge on any atom is -0.481 e. The van der Waals surface area contributed by atoms with Gasteiger partial charge in [-0.2, -0.15) is 0 Å². The number of aromatic nitrogens is 1. The molecule has 1 amide bonds. The second kappa shape index (κ2) is 6.22. The Morgan fingerprint density at radius 1 is 1.50 bits per heavy atom. The molecule has 0 aliphatic rings. The van der Waals surface area contributed by atoms with Gasteiger partial charge in [0.25, 0.3) is 0 Å². The molecule has 5 nitrogen and oxygen atoms in total. The molecule has 0 fully saturated rings. The van der Waals surface area contributed by atoms with E-state index in [2.05, 4.69) is 10.3 Å². The minimum atomic E-state index is -0.960. The molecule has 0 aromatic carbocycles. The Balaban J connectivity index is 2.28. The van der Waals surface area contributed by atoms with Crippen LogP contribution < -0.4 is 5.32 Å². The van der Waals surface area contributed by atoms with Gasteiger partial charge in [-0.1, -0.05) is 6.92 Å². The van der Waals surface area contributed by atoms with Crippen LogP contribution in [0, 0.1) is 0 Å². The lowest BCUT2D eigenvalue weighted by Crippen LogP contribution is -2.23. The number of amides is 1. The molecule has 88 valence electrons. The first-order valence-electron chi connectivity index (χ1n) is 5.04. The highest BCUT2D eigenvalue weighted by Gasteiger charge is 2.06. The molecule has 0 saturated heterocycles. The number of carboxylic acids is 1. The summed E-state index contributed by atoms with van der Waals surface area (Å²) in [5, 5.41) is 11.9. The average Bonchev–Trinajstić information content (AvgIpc) is 2.71. The lowest BCUT2D eigenvalue weighted by Gasteiger charge is -2.00. The third-order valence-electron chi connectivity index (χ3n) is 1.95. The van der Waals surface area contributed by atoms with Crippen molar-refractivity contribution in [1.82, 2.24) is 10.3 Å². The number of aryl methyl sites for hydroxylation is 1. The summed E-state index contributed by atoms with van der Waals surface area (Å²) < 4.78 is 0. The summed E-state index contributed by atoms with van der Waals surface area (Å²) in [6.07, 6.45) is 2.61. The van der Waals surface area contributed by atoms with Crippen LogP contribution in [0.2, 0.25) is 0 Å². The maximum atomic E-state index is 11.2. The monoisotopic (exact) mass is 242 g/mol. The highest BCUT2D eigenvalue weighted by Crippen LogP contribution is 2.12. The highest BCUT2D eigenvalue weighted by atomic mass is 32.1. The number of thiazole rings is 1. The molecule has 0 atom stereocenters. The van der Waals surface area contributed by atoms with Crippen molar-refractivity contribution in [3.05, 3.63) is 16.1 Å². The molecule has 0 aliphatic heterocycles. The number of hydrogen-bond donors (Lipinski definition) is 2. The first-order valence-corrected chi connectivity index (χ1v) is 5.85. The van der Waals surface area contributed by atoms with E-state index in [0.29, 0.717) is 6.54 Å². The fourth-order valence-corrected chi connectivity index (χ4v) is 1.88. The summed E-state index contributed by atoms with van der Waals surface area (Å²) >= 11 is 1.56. The predicted molar refractivity (Wildman–Crippen MR) is 60.2 cm³/mol. The van der Waals surface area contributed by atoms with Gasteiger partial charge in [0.1, 0.15) is 5.01 Å². The molecule has 0 saturated carbocycles. The van der Waals surface area contributed by atoms with Crippen molar-refractivity contribution >= 4 is 23.2 Å². The molecule has 1 heterocycles. The molecule has 1 aromatic rings. The standard InChI is InChI=1S/C10H14N2O3S/c1-2-7-5-12-9(16-7)6-11-8(13)3-4-10(14)15/h5H,2-4,6H2,1H3,(H,11,13)(H,14,15). The number of aliphatic carboxylic acids is 1. The first-order chi connectivity index (χ1) is 7.61. The highest BCUT2D eigenvalue weighted by molar-refractivity contribution is 7.11. The van der Waals surface area contributed by atoms with Crippen LogP contribution in [-0.4, -0.2) is 22.0 Å². The van der Waals surface area contributed by atoms with Gasteiger partial charge in [0.2, 0.25) is 5.91 Å². The Morgan fingerprint density at radius 2 is 2.25 bits per heavy atom. The summed E-state index contributed by atoms with van der Waals surface area (Å²) in [4.78, 5) is 26.7. The van der Waals surface area contributed by atoms with Gasteiger partial charge in [-0.3, -0.25) is 9.59 Å². The molecule has 0 bridgehead atoms. The van der Waals surface area contributed by atoms with Gasteiger partial charge in [-0.25, -0.2) is 4.98 Å². The number of nitrogens with zero attached hydrogens (tertiary/aromatic N) is 1. The van der Waals surface area contributed by atoms with Gasteiger partial charge in [0, 0.05) is 17.5 Å². The molecule has 0 spiro atoms. The lowest BCUT2D eigenvalue weighted by atomic mass is 10.3. The third kappa shape index (κ3) is 4.39. The van der Waals surface area contributed by atoms with Gasteiger partial charge < -0.3 is 10.4 Å². The molecular formula is C10H14N2O3S. The van der Waals surface area contributed by atoms with Crippen LogP contribution >= 0.6 is 11.3 Å². The molecule has 0 radical (unpaired) electrons. The van der Waals surface area contributed by atoms with E-state index in [1.165, 1.54) is 4.88 Å². The summed E-state index contributed by atoms with van der Waals surface area (Å²) in [6.45, 7) is 2.42. The average molecular weight is 242 g/mol. The van der Waals surface area contributed by atoms with Crippen molar-refractivity contribution in [3.63, 3.8) is 0 Å². The van der Waals surface area contributed by atoms with Crippen LogP contribution in [-0.2, 0) is 22.6 Å². The van der Waals surface area contributed by atoms with Crippen molar-refractivity contribution < 1.29 is 14.7 Å². The maximum absolute atomic E-state index is 11.2. The van der Waals surface area contributed by atoms with Crippen molar-refractivity contribution in [2.75, 3.05) is 0 Å². The zero-order valence-electron chi connectivity index (χ0n) is 9.02. The summed E-state index contributed by atoms with van der Waals surface area (Å²) in [7, 11) is 0. The molecule has 1 aromatic heterocycles. The number of carbonyl (C=O) groups is 2. The number of nitrogens with one attached hydrogen (secondary N) is 1. The van der Waals surface area contributed by atoms with E-state index < -0.39 is 5.97 Å². The minimum absolute atomic E-state index is 0.0152. The third-order valence-corrected chi connectivity index (χ3v) is 3.09. The van der Waals surface area contributed by atoms with E-state index in [9.17, 15) is 9.59 Å². The van der Waals surface area contributed by atoms with E-state index >= 15 is 0 Å². The van der Waals surface area contributed by atoms with Gasteiger partial charge in [0.05, 0.1) is 13.0 Å². The van der Waals surface area contributed by atoms with Crippen LogP contribution in [0.1, 0.15) is 29.7 Å². The topological polar surface area (TPSA) is 79.3 Å². The Labute approximate surface area is 97.5 Å². The first kappa shape index (κ1) is 12.6. The van der Waals surface area contributed by atoms with Crippen molar-refractivity contribution in [1.29, 1.82) is 0 Å². The molecular weight excluding hydrogens is 228 g/mol. The molecule has 0 aliphatic carbocycles. The fraction of sp³-hybridized carbons (Fsp3) is 0.500. The summed E-state index contributed by atoms with van der Waals surface area (Å²) in [5.74, 6) is -1.21. The smallest absolute Gasteiger partial charge is 0.303 e. The Hall–Kier alpha value is -1.43. The molecule has 1 rings (SSSR count). The number of carbonyl (C=O) groups excluding carboxylic acids is 1. The Morgan fingerprint density at radius 3 is 2.81 bits per heavy atom. The van der Waals surface area contributed by atoms with Crippen LogP contribution in [0.5, 0.6) is 0 Å². The van der Waals surface area contributed by atoms with Gasteiger partial charge in [-0.15, -0.1) is 11.3 Å². The zero-order valence-corrected chi connectivity index (χ0v) is 9.84. The van der Waals surface area contributed by atoms with Crippen molar-refractivity contribution in [2.45, 2.75) is 32.7 Å². The lowest BCUT2D eigenvalue weighted by molar-refractivity contribution is -0.138. The van der Waals surface area contributed by atoms with Gasteiger partial charge >= 0.3 is 5.97 Å². The quantitative estimate of drug-likeness (QED) is 0.785. The maximum Gasteiger partial charge on any atom is 0.303 e. The number of carboxylic acid groups (broad SMARTS) is 1. The number of hydrogen-bond acceptors (Lipinski definition) is 4. The molecule has 6 heteroatoms. The van der Waals surface area contributed by atoms with E-state index in [1.807, 2.05) is 6.92 Å². The van der Waals surface area contributed by atoms with E-state index in [-0.39, 0.29) is 18.7 Å². The number of rotatable bonds is 6. The predicted octanol–water partition coefficient (Wildman–Crippen LogP) is 1.19. The summed E-state index contributed by atoms with van der Waals surface area (Å²) in [5.41, 5.74) is 0. The van der Waals surface area contributed by atoms with Crippen LogP contribution in [0.15, 0.2) is 6.20 Å². The second-order valence-electron chi connectivity index (χ2n) is 3.24. The van der Waals surface area contributed by atoms with Gasteiger partial charge in [-0.05, 0) is 6.42 Å². The largest absolute Gasteiger partial charge is 0.481 e. The van der Waals surface area contributed by atoms with Gasteiger partial charge in [0.15, 0.2) is 0 Å². The van der Waals surface area contributed by atoms with Crippen LogP contribution in [0.4, 0.5) is 0 Å². The van der Waals surface area contributed by atoms with E-state index in [1.54, 1.807) is 17.5 Å². The van der Waals surface area contributed by atoms with Crippen molar-refractivity contribution in [2.24, 2.45) is 0 Å². The molecule has 0 unspecified atom stereocenters. The van der Waals surface area contributed by atoms with E-state index in [4.69, 9.17) is 5.11 Å².